The van der Waals surface area contributed by atoms with Gasteiger partial charge in [-0.25, -0.2) is 0 Å². The topological polar surface area (TPSA) is 103 Å². The van der Waals surface area contributed by atoms with Crippen molar-refractivity contribution in [3.8, 4) is 11.3 Å². The van der Waals surface area contributed by atoms with Crippen molar-refractivity contribution < 1.29 is 14.1 Å². The average Bonchev–Trinajstić information content (AvgIpc) is 3.08. The molecule has 1 aromatic carbocycles. The molecule has 2 N–H and O–H groups in total. The van der Waals surface area contributed by atoms with Crippen LogP contribution in [0.25, 0.3) is 11.3 Å². The van der Waals surface area contributed by atoms with E-state index >= 15 is 0 Å². The standard InChI is InChI=1S/C18H19N3O4/c19-18(22)17-14(15-10-20-6-4-11(15)5-7-20)9-16(25-17)12-2-1-3-13(8-12)21(23)24/h1-3,8-9,11,15H,4-7,10H2,(H2,19,22). The van der Waals surface area contributed by atoms with Crippen LogP contribution < -0.4 is 5.73 Å². The zero-order valence-corrected chi connectivity index (χ0v) is 13.7. The first-order chi connectivity index (χ1) is 12.0. The zero-order chi connectivity index (χ0) is 17.6. The molecule has 0 spiro atoms. The second-order valence-electron chi connectivity index (χ2n) is 6.81. The molecule has 7 nitrogen and oxygen atoms in total. The van der Waals surface area contributed by atoms with Crippen LogP contribution in [0.15, 0.2) is 34.7 Å². The molecule has 3 fully saturated rings. The molecule has 25 heavy (non-hydrogen) atoms. The van der Waals surface area contributed by atoms with Crippen molar-refractivity contribution in [2.75, 3.05) is 19.6 Å². The van der Waals surface area contributed by atoms with Gasteiger partial charge in [-0.05, 0) is 37.9 Å². The first-order valence-corrected chi connectivity index (χ1v) is 8.43. The SMILES string of the molecule is NC(=O)c1oc(-c2cccc([N+](=O)[O-])c2)cc1C1CN2CCC1CC2. The first kappa shape index (κ1) is 15.8. The molecule has 1 atom stereocenters. The fraction of sp³-hybridized carbons (Fsp3) is 0.389. The van der Waals surface area contributed by atoms with E-state index in [2.05, 4.69) is 4.90 Å². The van der Waals surface area contributed by atoms with E-state index in [1.165, 1.54) is 12.1 Å². The number of amides is 1. The van der Waals surface area contributed by atoms with E-state index < -0.39 is 10.8 Å². The molecule has 130 valence electrons. The summed E-state index contributed by atoms with van der Waals surface area (Å²) in [5, 5.41) is 11.0. The molecule has 0 radical (unpaired) electrons. The van der Waals surface area contributed by atoms with Gasteiger partial charge in [-0.15, -0.1) is 0 Å². The number of primary amides is 1. The van der Waals surface area contributed by atoms with E-state index in [9.17, 15) is 14.9 Å². The van der Waals surface area contributed by atoms with Gasteiger partial charge >= 0.3 is 0 Å². The van der Waals surface area contributed by atoms with Crippen LogP contribution in [0.5, 0.6) is 0 Å². The Hall–Kier alpha value is -2.67. The van der Waals surface area contributed by atoms with Crippen molar-refractivity contribution in [1.82, 2.24) is 4.90 Å². The van der Waals surface area contributed by atoms with Crippen LogP contribution in [-0.4, -0.2) is 35.4 Å². The lowest BCUT2D eigenvalue weighted by molar-refractivity contribution is -0.384. The van der Waals surface area contributed by atoms with Crippen LogP contribution in [0.2, 0.25) is 0 Å². The Labute approximate surface area is 144 Å². The summed E-state index contributed by atoms with van der Waals surface area (Å²) in [6.07, 6.45) is 2.22. The summed E-state index contributed by atoms with van der Waals surface area (Å²) in [5.74, 6) is 0.784. The van der Waals surface area contributed by atoms with Gasteiger partial charge in [0.05, 0.1) is 4.92 Å². The molecule has 0 saturated carbocycles. The van der Waals surface area contributed by atoms with Crippen molar-refractivity contribution in [2.45, 2.75) is 18.8 Å². The fourth-order valence-electron chi connectivity index (χ4n) is 4.11. The van der Waals surface area contributed by atoms with Crippen molar-refractivity contribution in [1.29, 1.82) is 0 Å². The number of benzene rings is 1. The molecule has 2 aromatic rings. The van der Waals surface area contributed by atoms with Crippen LogP contribution in [-0.2, 0) is 0 Å². The van der Waals surface area contributed by atoms with Crippen molar-refractivity contribution in [2.24, 2.45) is 11.7 Å². The molecule has 1 unspecified atom stereocenters. The van der Waals surface area contributed by atoms with Crippen molar-refractivity contribution in [3.63, 3.8) is 0 Å². The fourth-order valence-corrected chi connectivity index (χ4v) is 4.11. The number of fused-ring (bicyclic) bond motifs is 3. The lowest BCUT2D eigenvalue weighted by Gasteiger charge is -2.44. The van der Waals surface area contributed by atoms with Gasteiger partial charge in [0.2, 0.25) is 0 Å². The number of nitrogens with zero attached hydrogens (tertiary/aromatic N) is 2. The number of carbonyl (C=O) groups excluding carboxylic acids is 1. The molecule has 1 aromatic heterocycles. The number of nitro groups is 1. The Bertz CT molecular complexity index is 837. The molecule has 5 rings (SSSR count). The Morgan fingerprint density at radius 3 is 2.64 bits per heavy atom. The summed E-state index contributed by atoms with van der Waals surface area (Å²) < 4.78 is 5.74. The van der Waals surface area contributed by atoms with Gasteiger partial charge in [0.1, 0.15) is 5.76 Å². The third-order valence-corrected chi connectivity index (χ3v) is 5.38. The number of carbonyl (C=O) groups is 1. The van der Waals surface area contributed by atoms with Gasteiger partial charge in [-0.2, -0.15) is 0 Å². The number of nitro benzene ring substituents is 1. The van der Waals surface area contributed by atoms with E-state index in [4.69, 9.17) is 10.2 Å². The number of hydrogen-bond acceptors (Lipinski definition) is 5. The molecule has 3 saturated heterocycles. The minimum atomic E-state index is -0.594. The number of hydrogen-bond donors (Lipinski definition) is 1. The first-order valence-electron chi connectivity index (χ1n) is 8.43. The summed E-state index contributed by atoms with van der Waals surface area (Å²) >= 11 is 0. The van der Waals surface area contributed by atoms with Crippen LogP contribution in [0.1, 0.15) is 34.9 Å². The van der Waals surface area contributed by atoms with E-state index in [0.29, 0.717) is 17.2 Å². The highest BCUT2D eigenvalue weighted by Gasteiger charge is 2.38. The molecule has 1 amide bonds. The number of rotatable bonds is 4. The summed E-state index contributed by atoms with van der Waals surface area (Å²) in [6, 6.07) is 8.05. The molecular formula is C18H19N3O4. The summed E-state index contributed by atoms with van der Waals surface area (Å²) in [5.41, 5.74) is 6.93. The number of nitrogens with two attached hydrogens (primary N) is 1. The van der Waals surface area contributed by atoms with Gasteiger partial charge < -0.3 is 15.1 Å². The van der Waals surface area contributed by atoms with Gasteiger partial charge in [0, 0.05) is 35.7 Å². The maximum atomic E-state index is 11.9. The van der Waals surface area contributed by atoms with Crippen LogP contribution in [0.3, 0.4) is 0 Å². The van der Waals surface area contributed by atoms with E-state index in [0.717, 1.165) is 38.0 Å². The maximum Gasteiger partial charge on any atom is 0.284 e. The molecule has 7 heteroatoms. The Morgan fingerprint density at radius 1 is 1.28 bits per heavy atom. The minimum Gasteiger partial charge on any atom is -0.451 e. The molecular weight excluding hydrogens is 322 g/mol. The molecule has 4 heterocycles. The van der Waals surface area contributed by atoms with E-state index in [1.807, 2.05) is 6.07 Å². The van der Waals surface area contributed by atoms with Crippen molar-refractivity contribution in [3.05, 3.63) is 51.8 Å². The maximum absolute atomic E-state index is 11.9. The Balaban J connectivity index is 1.75. The predicted octanol–water partition coefficient (Wildman–Crippen LogP) is 2.76. The molecule has 3 aliphatic rings. The quantitative estimate of drug-likeness (QED) is 0.680. The lowest BCUT2D eigenvalue weighted by atomic mass is 9.75. The lowest BCUT2D eigenvalue weighted by Crippen LogP contribution is -2.46. The minimum absolute atomic E-state index is 0.0149. The Morgan fingerprint density at radius 2 is 2.04 bits per heavy atom. The van der Waals surface area contributed by atoms with Crippen molar-refractivity contribution >= 4 is 11.6 Å². The van der Waals surface area contributed by atoms with E-state index in [1.54, 1.807) is 12.1 Å². The summed E-state index contributed by atoms with van der Waals surface area (Å²) in [6.45, 7) is 3.10. The number of piperidine rings is 3. The number of furan rings is 1. The third kappa shape index (κ3) is 2.80. The smallest absolute Gasteiger partial charge is 0.284 e. The van der Waals surface area contributed by atoms with Gasteiger partial charge in [-0.1, -0.05) is 12.1 Å². The molecule has 0 aliphatic carbocycles. The third-order valence-electron chi connectivity index (χ3n) is 5.38. The summed E-state index contributed by atoms with van der Waals surface area (Å²) in [7, 11) is 0. The highest BCUT2D eigenvalue weighted by molar-refractivity contribution is 5.92. The second-order valence-corrected chi connectivity index (χ2v) is 6.81. The predicted molar refractivity (Wildman–Crippen MR) is 91.2 cm³/mol. The van der Waals surface area contributed by atoms with Gasteiger partial charge in [-0.3, -0.25) is 14.9 Å². The number of non-ortho nitro benzene ring substituents is 1. The highest BCUT2D eigenvalue weighted by Crippen LogP contribution is 2.42. The van der Waals surface area contributed by atoms with E-state index in [-0.39, 0.29) is 17.4 Å². The average molecular weight is 341 g/mol. The molecule has 2 bridgehead atoms. The normalized spacial score (nSPS) is 25.0. The largest absolute Gasteiger partial charge is 0.451 e. The monoisotopic (exact) mass is 341 g/mol. The zero-order valence-electron chi connectivity index (χ0n) is 13.7. The van der Waals surface area contributed by atoms with Gasteiger partial charge in [0.25, 0.3) is 11.6 Å². The van der Waals surface area contributed by atoms with Crippen LogP contribution in [0.4, 0.5) is 5.69 Å². The Kier molecular flexibility index (Phi) is 3.80. The molecule has 3 aliphatic heterocycles. The van der Waals surface area contributed by atoms with Gasteiger partial charge in [0.15, 0.2) is 5.76 Å². The second kappa shape index (κ2) is 6.00. The highest BCUT2D eigenvalue weighted by atomic mass is 16.6. The van der Waals surface area contributed by atoms with Crippen LogP contribution in [0, 0.1) is 16.0 Å². The summed E-state index contributed by atoms with van der Waals surface area (Å²) in [4.78, 5) is 24.8. The van der Waals surface area contributed by atoms with Crippen LogP contribution >= 0.6 is 0 Å².